The zero-order valence-electron chi connectivity index (χ0n) is 16.1. The molecular formula is C21H17ClN2O6. The smallest absolute Gasteiger partial charge is 0.335 e. The fraction of sp³-hybridized carbons (Fsp3) is 0.190. The van der Waals surface area contributed by atoms with Gasteiger partial charge in [-0.2, -0.15) is 0 Å². The maximum Gasteiger partial charge on any atom is 0.335 e. The second-order valence-corrected chi connectivity index (χ2v) is 7.26. The second kappa shape index (κ2) is 7.72. The van der Waals surface area contributed by atoms with Crippen molar-refractivity contribution in [2.75, 3.05) is 11.7 Å². The summed E-state index contributed by atoms with van der Waals surface area (Å²) in [6.45, 7) is 3.80. The molecule has 0 aromatic heterocycles. The first-order valence-corrected chi connectivity index (χ1v) is 9.48. The van der Waals surface area contributed by atoms with Crippen molar-refractivity contribution in [1.29, 1.82) is 0 Å². The van der Waals surface area contributed by atoms with E-state index >= 15 is 0 Å². The summed E-state index contributed by atoms with van der Waals surface area (Å²) in [4.78, 5) is 38.5. The molecule has 0 unspecified atom stereocenters. The number of nitrogens with zero attached hydrogens (tertiary/aromatic N) is 1. The Hall–Kier alpha value is -3.52. The zero-order valence-corrected chi connectivity index (χ0v) is 16.9. The number of carbonyl (C=O) groups is 3. The average molecular weight is 429 g/mol. The molecule has 30 heavy (non-hydrogen) atoms. The highest BCUT2D eigenvalue weighted by Gasteiger charge is 2.37. The number of rotatable bonds is 4. The van der Waals surface area contributed by atoms with E-state index in [4.69, 9.17) is 25.8 Å². The monoisotopic (exact) mass is 428 g/mol. The van der Waals surface area contributed by atoms with Crippen LogP contribution in [-0.4, -0.2) is 30.7 Å². The van der Waals surface area contributed by atoms with Gasteiger partial charge in [-0.05, 0) is 49.8 Å². The fourth-order valence-electron chi connectivity index (χ4n) is 3.04. The zero-order chi connectivity index (χ0) is 21.4. The van der Waals surface area contributed by atoms with Gasteiger partial charge < -0.3 is 14.2 Å². The van der Waals surface area contributed by atoms with E-state index in [-0.39, 0.29) is 24.2 Å². The Morgan fingerprint density at radius 3 is 2.60 bits per heavy atom. The lowest BCUT2D eigenvalue weighted by Gasteiger charge is -2.26. The molecule has 1 N–H and O–H groups in total. The number of hydrogen-bond acceptors (Lipinski definition) is 6. The molecule has 2 aliphatic rings. The predicted molar refractivity (Wildman–Crippen MR) is 109 cm³/mol. The lowest BCUT2D eigenvalue weighted by Crippen LogP contribution is -2.54. The van der Waals surface area contributed by atoms with Crippen molar-refractivity contribution >= 4 is 41.2 Å². The van der Waals surface area contributed by atoms with Gasteiger partial charge in [-0.3, -0.25) is 14.9 Å². The van der Waals surface area contributed by atoms with Gasteiger partial charge in [0.1, 0.15) is 11.3 Å². The summed E-state index contributed by atoms with van der Waals surface area (Å²) >= 11 is 6.24. The van der Waals surface area contributed by atoms with Gasteiger partial charge in [0.05, 0.1) is 16.8 Å². The normalized spacial score (nSPS) is 17.0. The molecule has 4 amide bonds. The number of carbonyl (C=O) groups excluding carboxylic acids is 3. The first kappa shape index (κ1) is 19.8. The minimum absolute atomic E-state index is 0.0554. The van der Waals surface area contributed by atoms with E-state index in [1.807, 2.05) is 13.8 Å². The summed E-state index contributed by atoms with van der Waals surface area (Å²) in [5, 5.41) is 2.52. The lowest BCUT2D eigenvalue weighted by molar-refractivity contribution is -0.122. The largest absolute Gasteiger partial charge is 0.489 e. The standard InChI is InChI=1S/C21H17ClN2O6/c1-11(2)30-16-5-3-12(8-15(16)22)7-14-19(25)23-21(27)24(20(14)26)13-4-6-17-18(9-13)29-10-28-17/h3-9,11H,10H2,1-2H3,(H,23,25,27)/b14-7+. The lowest BCUT2D eigenvalue weighted by atomic mass is 10.1. The molecule has 8 nitrogen and oxygen atoms in total. The highest BCUT2D eigenvalue weighted by Crippen LogP contribution is 2.36. The van der Waals surface area contributed by atoms with Crippen LogP contribution < -0.4 is 24.4 Å². The van der Waals surface area contributed by atoms with Gasteiger partial charge in [-0.25, -0.2) is 9.69 Å². The predicted octanol–water partition coefficient (Wildman–Crippen LogP) is 3.52. The molecular weight excluding hydrogens is 412 g/mol. The summed E-state index contributed by atoms with van der Waals surface area (Å²) in [5.74, 6) is -0.149. The molecule has 2 aromatic carbocycles. The number of fused-ring (bicyclic) bond motifs is 1. The van der Waals surface area contributed by atoms with Crippen LogP contribution in [0.1, 0.15) is 19.4 Å². The Bertz CT molecular complexity index is 1090. The Labute approximate surface area is 177 Å². The van der Waals surface area contributed by atoms with Gasteiger partial charge in [0, 0.05) is 6.07 Å². The number of amides is 4. The van der Waals surface area contributed by atoms with Crippen LogP contribution in [0.25, 0.3) is 6.08 Å². The summed E-state index contributed by atoms with van der Waals surface area (Å²) in [6, 6.07) is 8.67. The van der Waals surface area contributed by atoms with Crippen molar-refractivity contribution < 1.29 is 28.6 Å². The molecule has 1 saturated heterocycles. The van der Waals surface area contributed by atoms with E-state index < -0.39 is 17.8 Å². The molecule has 0 spiro atoms. The minimum atomic E-state index is -0.847. The first-order chi connectivity index (χ1) is 14.3. The Morgan fingerprint density at radius 2 is 1.87 bits per heavy atom. The van der Waals surface area contributed by atoms with Crippen LogP contribution in [0.3, 0.4) is 0 Å². The van der Waals surface area contributed by atoms with Gasteiger partial charge in [-0.1, -0.05) is 17.7 Å². The molecule has 2 aliphatic heterocycles. The highest BCUT2D eigenvalue weighted by molar-refractivity contribution is 6.39. The van der Waals surface area contributed by atoms with E-state index in [1.165, 1.54) is 18.2 Å². The number of imide groups is 2. The molecule has 154 valence electrons. The SMILES string of the molecule is CC(C)Oc1ccc(/C=C2\C(=O)NC(=O)N(c3ccc4c(c3)OCO4)C2=O)cc1Cl. The van der Waals surface area contributed by atoms with Crippen LogP contribution in [0.2, 0.25) is 5.02 Å². The van der Waals surface area contributed by atoms with Gasteiger partial charge in [0.25, 0.3) is 11.8 Å². The number of nitrogens with one attached hydrogen (secondary N) is 1. The molecule has 0 aliphatic carbocycles. The maximum absolute atomic E-state index is 13.0. The summed E-state index contributed by atoms with van der Waals surface area (Å²) < 4.78 is 16.1. The van der Waals surface area contributed by atoms with Gasteiger partial charge in [-0.15, -0.1) is 0 Å². The van der Waals surface area contributed by atoms with Crippen molar-refractivity contribution in [1.82, 2.24) is 5.32 Å². The Kier molecular flexibility index (Phi) is 5.09. The number of benzene rings is 2. The van der Waals surface area contributed by atoms with Crippen molar-refractivity contribution in [3.05, 3.63) is 52.6 Å². The molecule has 0 saturated carbocycles. The fourth-order valence-corrected chi connectivity index (χ4v) is 3.27. The number of ether oxygens (including phenoxy) is 3. The van der Waals surface area contributed by atoms with Crippen LogP contribution in [0.4, 0.5) is 10.5 Å². The van der Waals surface area contributed by atoms with E-state index in [9.17, 15) is 14.4 Å². The third-order valence-electron chi connectivity index (χ3n) is 4.35. The van der Waals surface area contributed by atoms with E-state index in [0.29, 0.717) is 27.8 Å². The number of urea groups is 1. The number of anilines is 1. The highest BCUT2D eigenvalue weighted by atomic mass is 35.5. The average Bonchev–Trinajstić information content (AvgIpc) is 3.14. The van der Waals surface area contributed by atoms with Gasteiger partial charge in [0.2, 0.25) is 6.79 Å². The first-order valence-electron chi connectivity index (χ1n) is 9.11. The van der Waals surface area contributed by atoms with E-state index in [2.05, 4.69) is 5.32 Å². The van der Waals surface area contributed by atoms with Crippen LogP contribution in [0, 0.1) is 0 Å². The minimum Gasteiger partial charge on any atom is -0.489 e. The maximum atomic E-state index is 13.0. The molecule has 2 aromatic rings. The topological polar surface area (TPSA) is 94.2 Å². The molecule has 0 bridgehead atoms. The summed E-state index contributed by atoms with van der Waals surface area (Å²) in [6.07, 6.45) is 1.31. The van der Waals surface area contributed by atoms with Gasteiger partial charge >= 0.3 is 6.03 Å². The summed E-state index contributed by atoms with van der Waals surface area (Å²) in [7, 11) is 0. The second-order valence-electron chi connectivity index (χ2n) is 6.85. The van der Waals surface area contributed by atoms with Crippen LogP contribution in [-0.2, 0) is 9.59 Å². The third kappa shape index (κ3) is 3.69. The van der Waals surface area contributed by atoms with Crippen molar-refractivity contribution in [2.45, 2.75) is 20.0 Å². The third-order valence-corrected chi connectivity index (χ3v) is 4.64. The molecule has 9 heteroatoms. The van der Waals surface area contributed by atoms with Crippen LogP contribution >= 0.6 is 11.6 Å². The van der Waals surface area contributed by atoms with Gasteiger partial charge in [0.15, 0.2) is 11.5 Å². The number of barbiturate groups is 1. The Morgan fingerprint density at radius 1 is 1.10 bits per heavy atom. The number of hydrogen-bond donors (Lipinski definition) is 1. The van der Waals surface area contributed by atoms with Crippen LogP contribution in [0.15, 0.2) is 42.0 Å². The molecule has 0 radical (unpaired) electrons. The molecule has 1 fully saturated rings. The Balaban J connectivity index is 1.66. The van der Waals surface area contributed by atoms with E-state index in [1.54, 1.807) is 24.3 Å². The quantitative estimate of drug-likeness (QED) is 0.591. The number of halogens is 1. The van der Waals surface area contributed by atoms with E-state index in [0.717, 1.165) is 4.90 Å². The summed E-state index contributed by atoms with van der Waals surface area (Å²) in [5.41, 5.74) is 0.550. The molecule has 2 heterocycles. The molecule has 4 rings (SSSR count). The van der Waals surface area contributed by atoms with Crippen LogP contribution in [0.5, 0.6) is 17.2 Å². The van der Waals surface area contributed by atoms with Crippen molar-refractivity contribution in [3.63, 3.8) is 0 Å². The van der Waals surface area contributed by atoms with Crippen molar-refractivity contribution in [3.8, 4) is 17.2 Å². The van der Waals surface area contributed by atoms with Crippen molar-refractivity contribution in [2.24, 2.45) is 0 Å². The molecule has 0 atom stereocenters.